The van der Waals surface area contributed by atoms with Crippen LogP contribution in [0.4, 0.5) is 0 Å². The molecule has 4 nitrogen and oxygen atoms in total. The fourth-order valence-corrected chi connectivity index (χ4v) is 2.57. The smallest absolute Gasteiger partial charge is 0.247 e. The number of hydrogen-bond donors (Lipinski definition) is 0. The van der Waals surface area contributed by atoms with Crippen molar-refractivity contribution in [2.75, 3.05) is 26.8 Å². The summed E-state index contributed by atoms with van der Waals surface area (Å²) in [4.78, 5) is 13.8. The van der Waals surface area contributed by atoms with E-state index in [1.807, 2.05) is 0 Å². The van der Waals surface area contributed by atoms with Crippen LogP contribution in [0.1, 0.15) is 25.7 Å². The average molecular weight is 222 g/mol. The molecule has 1 saturated heterocycles. The zero-order chi connectivity index (χ0) is 11.6. The second-order valence-corrected chi connectivity index (χ2v) is 5.02. The van der Waals surface area contributed by atoms with Crippen molar-refractivity contribution in [1.82, 2.24) is 4.90 Å². The molecule has 2 fully saturated rings. The summed E-state index contributed by atoms with van der Waals surface area (Å²) in [6, 6.07) is 2.10. The minimum Gasteiger partial charge on any atom is -0.377 e. The van der Waals surface area contributed by atoms with E-state index in [0.29, 0.717) is 5.92 Å². The highest BCUT2D eigenvalue weighted by Crippen LogP contribution is 2.30. The van der Waals surface area contributed by atoms with Gasteiger partial charge in [0.25, 0.3) is 0 Å². The van der Waals surface area contributed by atoms with Crippen molar-refractivity contribution in [2.24, 2.45) is 11.3 Å². The van der Waals surface area contributed by atoms with Gasteiger partial charge in [0.05, 0.1) is 19.3 Å². The molecule has 1 heterocycles. The van der Waals surface area contributed by atoms with Crippen LogP contribution < -0.4 is 0 Å². The van der Waals surface area contributed by atoms with Crippen LogP contribution in [-0.2, 0) is 9.53 Å². The minimum atomic E-state index is -0.882. The summed E-state index contributed by atoms with van der Waals surface area (Å²) in [5.74, 6) is 0.568. The van der Waals surface area contributed by atoms with Crippen LogP contribution >= 0.6 is 0 Å². The lowest BCUT2D eigenvalue weighted by Gasteiger charge is -2.37. The molecule has 0 aromatic heterocycles. The first-order chi connectivity index (χ1) is 7.68. The predicted octanol–water partition coefficient (Wildman–Crippen LogP) is 1.18. The van der Waals surface area contributed by atoms with Gasteiger partial charge in [-0.25, -0.2) is 0 Å². The Kier molecular flexibility index (Phi) is 3.15. The van der Waals surface area contributed by atoms with Gasteiger partial charge < -0.3 is 9.64 Å². The molecule has 0 atom stereocenters. The standard InChI is InChI=1S/C12H18N2O2/c1-14(6-10-4-2-3-5-10)11(15)12(7-13)8-16-9-12/h10H,2-6,8-9H2,1H3. The first-order valence-electron chi connectivity index (χ1n) is 5.92. The second kappa shape index (κ2) is 4.42. The van der Waals surface area contributed by atoms with Gasteiger partial charge in [-0.3, -0.25) is 4.79 Å². The van der Waals surface area contributed by atoms with Gasteiger partial charge >= 0.3 is 0 Å². The van der Waals surface area contributed by atoms with Gasteiger partial charge in [-0.1, -0.05) is 12.8 Å². The van der Waals surface area contributed by atoms with Crippen molar-refractivity contribution in [1.29, 1.82) is 5.26 Å². The lowest BCUT2D eigenvalue weighted by molar-refractivity contribution is -0.160. The Morgan fingerprint density at radius 1 is 1.50 bits per heavy atom. The number of nitrogens with zero attached hydrogens (tertiary/aromatic N) is 2. The van der Waals surface area contributed by atoms with Crippen molar-refractivity contribution in [2.45, 2.75) is 25.7 Å². The number of nitriles is 1. The van der Waals surface area contributed by atoms with E-state index in [4.69, 9.17) is 10.00 Å². The third-order valence-electron chi connectivity index (χ3n) is 3.67. The largest absolute Gasteiger partial charge is 0.377 e. The van der Waals surface area contributed by atoms with E-state index >= 15 is 0 Å². The van der Waals surface area contributed by atoms with E-state index in [1.165, 1.54) is 25.7 Å². The van der Waals surface area contributed by atoms with E-state index < -0.39 is 5.41 Å². The van der Waals surface area contributed by atoms with Crippen LogP contribution in [0.15, 0.2) is 0 Å². The molecule has 0 spiro atoms. The quantitative estimate of drug-likeness (QED) is 0.720. The Labute approximate surface area is 96.2 Å². The molecule has 1 aliphatic heterocycles. The Hall–Kier alpha value is -1.08. The van der Waals surface area contributed by atoms with Gasteiger partial charge in [-0.05, 0) is 18.8 Å². The van der Waals surface area contributed by atoms with Crippen molar-refractivity contribution in [3.8, 4) is 6.07 Å². The molecular formula is C12H18N2O2. The Morgan fingerprint density at radius 2 is 2.12 bits per heavy atom. The highest BCUT2D eigenvalue weighted by atomic mass is 16.5. The van der Waals surface area contributed by atoms with Gasteiger partial charge in [0, 0.05) is 13.6 Å². The predicted molar refractivity (Wildman–Crippen MR) is 58.5 cm³/mol. The topological polar surface area (TPSA) is 53.3 Å². The Bertz CT molecular complexity index is 311. The van der Waals surface area contributed by atoms with Gasteiger partial charge in [-0.2, -0.15) is 5.26 Å². The maximum Gasteiger partial charge on any atom is 0.247 e. The summed E-state index contributed by atoms with van der Waals surface area (Å²) in [6.07, 6.45) is 4.99. The fraction of sp³-hybridized carbons (Fsp3) is 0.833. The SMILES string of the molecule is CN(CC1CCCC1)C(=O)C1(C#N)COC1. The lowest BCUT2D eigenvalue weighted by Crippen LogP contribution is -2.54. The highest BCUT2D eigenvalue weighted by molar-refractivity contribution is 5.86. The van der Waals surface area contributed by atoms with Crippen LogP contribution in [-0.4, -0.2) is 37.6 Å². The number of carbonyl (C=O) groups is 1. The molecule has 0 N–H and O–H groups in total. The molecular weight excluding hydrogens is 204 g/mol. The van der Waals surface area contributed by atoms with Crippen LogP contribution in [0.2, 0.25) is 0 Å². The Balaban J connectivity index is 1.91. The number of rotatable bonds is 3. The van der Waals surface area contributed by atoms with Gasteiger partial charge in [0.1, 0.15) is 0 Å². The molecule has 0 aromatic rings. The molecule has 16 heavy (non-hydrogen) atoms. The van der Waals surface area contributed by atoms with Gasteiger partial charge in [0.15, 0.2) is 5.41 Å². The maximum absolute atomic E-state index is 12.1. The molecule has 1 aliphatic carbocycles. The monoisotopic (exact) mass is 222 g/mol. The van der Waals surface area contributed by atoms with Gasteiger partial charge in [0.2, 0.25) is 5.91 Å². The third kappa shape index (κ3) is 1.92. The molecule has 4 heteroatoms. The number of ether oxygens (including phenoxy) is 1. The number of carbonyl (C=O) groups excluding carboxylic acids is 1. The highest BCUT2D eigenvalue weighted by Gasteiger charge is 2.48. The third-order valence-corrected chi connectivity index (χ3v) is 3.67. The second-order valence-electron chi connectivity index (χ2n) is 5.02. The number of amides is 1. The van der Waals surface area contributed by atoms with Crippen LogP contribution in [0.25, 0.3) is 0 Å². The average Bonchev–Trinajstić information content (AvgIpc) is 2.69. The summed E-state index contributed by atoms with van der Waals surface area (Å²) in [6.45, 7) is 1.32. The summed E-state index contributed by atoms with van der Waals surface area (Å²) in [7, 11) is 1.80. The van der Waals surface area contributed by atoms with Crippen LogP contribution in [0.3, 0.4) is 0 Å². The molecule has 0 radical (unpaired) electrons. The van der Waals surface area contributed by atoms with Crippen molar-refractivity contribution in [3.05, 3.63) is 0 Å². The van der Waals surface area contributed by atoms with Crippen molar-refractivity contribution < 1.29 is 9.53 Å². The molecule has 2 rings (SSSR count). The number of hydrogen-bond acceptors (Lipinski definition) is 3. The van der Waals surface area contributed by atoms with E-state index in [1.54, 1.807) is 11.9 Å². The van der Waals surface area contributed by atoms with Gasteiger partial charge in [-0.15, -0.1) is 0 Å². The zero-order valence-corrected chi connectivity index (χ0v) is 9.74. The fourth-order valence-electron chi connectivity index (χ4n) is 2.57. The normalized spacial score (nSPS) is 23.5. The molecule has 1 saturated carbocycles. The minimum absolute atomic E-state index is 0.0619. The summed E-state index contributed by atoms with van der Waals surface area (Å²) < 4.78 is 5.00. The molecule has 1 amide bonds. The van der Waals surface area contributed by atoms with E-state index in [9.17, 15) is 4.79 Å². The molecule has 88 valence electrons. The van der Waals surface area contributed by atoms with Crippen LogP contribution in [0.5, 0.6) is 0 Å². The lowest BCUT2D eigenvalue weighted by atomic mass is 9.86. The molecule has 2 aliphatic rings. The summed E-state index contributed by atoms with van der Waals surface area (Å²) in [5.41, 5.74) is -0.882. The summed E-state index contributed by atoms with van der Waals surface area (Å²) in [5, 5.41) is 9.04. The van der Waals surface area contributed by atoms with E-state index in [0.717, 1.165) is 6.54 Å². The first-order valence-corrected chi connectivity index (χ1v) is 5.92. The Morgan fingerprint density at radius 3 is 2.56 bits per heavy atom. The molecule has 0 unspecified atom stereocenters. The zero-order valence-electron chi connectivity index (χ0n) is 9.74. The van der Waals surface area contributed by atoms with Crippen molar-refractivity contribution >= 4 is 5.91 Å². The summed E-state index contributed by atoms with van der Waals surface area (Å²) >= 11 is 0. The molecule has 0 bridgehead atoms. The van der Waals surface area contributed by atoms with Crippen molar-refractivity contribution in [3.63, 3.8) is 0 Å². The van der Waals surface area contributed by atoms with E-state index in [2.05, 4.69) is 6.07 Å². The maximum atomic E-state index is 12.1. The first kappa shape index (κ1) is 11.4. The van der Waals surface area contributed by atoms with Crippen LogP contribution in [0, 0.1) is 22.7 Å². The molecule has 0 aromatic carbocycles. The van der Waals surface area contributed by atoms with E-state index in [-0.39, 0.29) is 19.1 Å².